The molecule has 0 aromatic heterocycles. The third-order valence-electron chi connectivity index (χ3n) is 5.87. The molecule has 7 nitrogen and oxygen atoms in total. The first-order chi connectivity index (χ1) is 14.5. The molecule has 1 aromatic rings. The van der Waals surface area contributed by atoms with Crippen LogP contribution in [0, 0.1) is 0 Å². The van der Waals surface area contributed by atoms with Gasteiger partial charge in [-0.25, -0.2) is 8.42 Å². The summed E-state index contributed by atoms with van der Waals surface area (Å²) in [4.78, 5) is 15.4. The van der Waals surface area contributed by atoms with Crippen molar-refractivity contribution in [1.82, 2.24) is 9.21 Å². The van der Waals surface area contributed by atoms with Crippen LogP contribution in [-0.4, -0.2) is 62.4 Å². The summed E-state index contributed by atoms with van der Waals surface area (Å²) < 4.78 is 33.7. The number of piperidine rings is 2. The number of benzene rings is 1. The van der Waals surface area contributed by atoms with Gasteiger partial charge in [-0.2, -0.15) is 4.31 Å². The van der Waals surface area contributed by atoms with Crippen LogP contribution in [0.3, 0.4) is 0 Å². The zero-order valence-corrected chi connectivity index (χ0v) is 19.0. The van der Waals surface area contributed by atoms with Crippen molar-refractivity contribution < 1.29 is 17.9 Å². The second-order valence-corrected chi connectivity index (χ2v) is 10.0. The molecule has 0 spiro atoms. The van der Waals surface area contributed by atoms with E-state index in [1.807, 2.05) is 6.92 Å². The molecule has 1 unspecified atom stereocenters. The highest BCUT2D eigenvalue weighted by Gasteiger charge is 2.31. The number of ether oxygens (including phenoxy) is 1. The molecular formula is C22H35N3O4S. The molecule has 2 heterocycles. The van der Waals surface area contributed by atoms with E-state index < -0.39 is 10.0 Å². The lowest BCUT2D eigenvalue weighted by molar-refractivity contribution is -0.122. The normalized spacial score (nSPS) is 21.3. The molecule has 1 amide bonds. The lowest BCUT2D eigenvalue weighted by Crippen LogP contribution is -2.47. The standard InChI is InChI=1S/C22H35N3O4S/c1-3-13-24-14-9-6-10-19(24)22(26)23-18-11-12-20(29-4-2)21(17-18)30(27,28)25-15-7-5-8-16-25/h11-12,17,19H,3-10,13-16H2,1-2H3,(H,23,26). The van der Waals surface area contributed by atoms with Crippen LogP contribution in [0.5, 0.6) is 5.75 Å². The van der Waals surface area contributed by atoms with Crippen LogP contribution in [0.1, 0.15) is 58.8 Å². The number of hydrogen-bond acceptors (Lipinski definition) is 5. The highest BCUT2D eigenvalue weighted by molar-refractivity contribution is 7.89. The van der Waals surface area contributed by atoms with Gasteiger partial charge < -0.3 is 10.1 Å². The van der Waals surface area contributed by atoms with Crippen molar-refractivity contribution in [2.75, 3.05) is 38.1 Å². The van der Waals surface area contributed by atoms with E-state index in [-0.39, 0.29) is 16.8 Å². The van der Waals surface area contributed by atoms with Crippen molar-refractivity contribution in [2.45, 2.75) is 69.7 Å². The largest absolute Gasteiger partial charge is 0.492 e. The first kappa shape index (κ1) is 23.0. The Labute approximate surface area is 180 Å². The number of nitrogens with one attached hydrogen (secondary N) is 1. The molecule has 0 saturated carbocycles. The third kappa shape index (κ3) is 5.34. The summed E-state index contributed by atoms with van der Waals surface area (Å²) in [5, 5.41) is 2.97. The molecule has 0 bridgehead atoms. The maximum atomic E-state index is 13.3. The third-order valence-corrected chi connectivity index (χ3v) is 7.79. The highest BCUT2D eigenvalue weighted by atomic mass is 32.2. The quantitative estimate of drug-likeness (QED) is 0.674. The summed E-state index contributed by atoms with van der Waals surface area (Å²) in [5.74, 6) is 0.278. The Balaban J connectivity index is 1.83. The van der Waals surface area contributed by atoms with E-state index in [0.29, 0.717) is 31.1 Å². The maximum absolute atomic E-state index is 13.3. The smallest absolute Gasteiger partial charge is 0.246 e. The zero-order chi connectivity index (χ0) is 21.6. The number of amides is 1. The molecule has 1 aromatic carbocycles. The van der Waals surface area contributed by atoms with Crippen molar-refractivity contribution in [1.29, 1.82) is 0 Å². The number of likely N-dealkylation sites (tertiary alicyclic amines) is 1. The number of carbonyl (C=O) groups is 1. The molecule has 2 aliphatic heterocycles. The number of rotatable bonds is 8. The van der Waals surface area contributed by atoms with Crippen molar-refractivity contribution in [3.8, 4) is 5.75 Å². The summed E-state index contributed by atoms with van der Waals surface area (Å²) in [7, 11) is -3.67. The van der Waals surface area contributed by atoms with Gasteiger partial charge in [-0.15, -0.1) is 0 Å². The van der Waals surface area contributed by atoms with Crippen LogP contribution >= 0.6 is 0 Å². The molecule has 2 saturated heterocycles. The highest BCUT2D eigenvalue weighted by Crippen LogP contribution is 2.32. The molecule has 2 aliphatic rings. The first-order valence-electron chi connectivity index (χ1n) is 11.3. The topological polar surface area (TPSA) is 79.0 Å². The van der Waals surface area contributed by atoms with E-state index in [9.17, 15) is 13.2 Å². The zero-order valence-electron chi connectivity index (χ0n) is 18.2. The van der Waals surface area contributed by atoms with Gasteiger partial charge in [-0.05, 0) is 70.3 Å². The number of carbonyl (C=O) groups excluding carboxylic acids is 1. The second kappa shape index (κ2) is 10.6. The van der Waals surface area contributed by atoms with E-state index in [4.69, 9.17) is 4.74 Å². The summed E-state index contributed by atoms with van der Waals surface area (Å²) in [6.07, 6.45) is 6.79. The Bertz CT molecular complexity index is 820. The second-order valence-electron chi connectivity index (χ2n) is 8.10. The minimum Gasteiger partial charge on any atom is -0.492 e. The number of nitrogens with zero attached hydrogens (tertiary/aromatic N) is 2. The first-order valence-corrected chi connectivity index (χ1v) is 12.7. The Morgan fingerprint density at radius 2 is 1.83 bits per heavy atom. The van der Waals surface area contributed by atoms with Crippen LogP contribution in [0.2, 0.25) is 0 Å². The van der Waals surface area contributed by atoms with Gasteiger partial charge in [-0.1, -0.05) is 19.8 Å². The molecule has 3 rings (SSSR count). The molecule has 8 heteroatoms. The predicted octanol–water partition coefficient (Wildman–Crippen LogP) is 3.46. The minimum atomic E-state index is -3.67. The molecule has 30 heavy (non-hydrogen) atoms. The Morgan fingerprint density at radius 3 is 2.53 bits per heavy atom. The average molecular weight is 438 g/mol. The van der Waals surface area contributed by atoms with Crippen molar-refractivity contribution >= 4 is 21.6 Å². The summed E-state index contributed by atoms with van der Waals surface area (Å²) >= 11 is 0. The molecule has 0 aliphatic carbocycles. The van der Waals surface area contributed by atoms with E-state index in [0.717, 1.165) is 58.0 Å². The van der Waals surface area contributed by atoms with Gasteiger partial charge in [-0.3, -0.25) is 9.69 Å². The van der Waals surface area contributed by atoms with Gasteiger partial charge in [0, 0.05) is 18.8 Å². The molecule has 1 N–H and O–H groups in total. The fraction of sp³-hybridized carbons (Fsp3) is 0.682. The SMILES string of the molecule is CCCN1CCCCC1C(=O)Nc1ccc(OCC)c(S(=O)(=O)N2CCCCC2)c1. The van der Waals surface area contributed by atoms with E-state index >= 15 is 0 Å². The predicted molar refractivity (Wildman–Crippen MR) is 118 cm³/mol. The minimum absolute atomic E-state index is 0.0615. The number of hydrogen-bond donors (Lipinski definition) is 1. The van der Waals surface area contributed by atoms with Crippen LogP contribution < -0.4 is 10.1 Å². The van der Waals surface area contributed by atoms with Crippen molar-refractivity contribution in [2.24, 2.45) is 0 Å². The van der Waals surface area contributed by atoms with Gasteiger partial charge in [0.1, 0.15) is 10.6 Å². The van der Waals surface area contributed by atoms with Gasteiger partial charge in [0.25, 0.3) is 0 Å². The van der Waals surface area contributed by atoms with Gasteiger partial charge >= 0.3 is 0 Å². The fourth-order valence-electron chi connectivity index (χ4n) is 4.37. The lowest BCUT2D eigenvalue weighted by Gasteiger charge is -2.34. The van der Waals surface area contributed by atoms with Crippen LogP contribution in [-0.2, 0) is 14.8 Å². The summed E-state index contributed by atoms with van der Waals surface area (Å²) in [6, 6.07) is 4.78. The Hall–Kier alpha value is -1.64. The molecular weight excluding hydrogens is 402 g/mol. The average Bonchev–Trinajstić information content (AvgIpc) is 2.76. The van der Waals surface area contributed by atoms with E-state index in [1.54, 1.807) is 18.2 Å². The van der Waals surface area contributed by atoms with Crippen LogP contribution in [0.25, 0.3) is 0 Å². The van der Waals surface area contributed by atoms with E-state index in [2.05, 4.69) is 17.1 Å². The van der Waals surface area contributed by atoms with Gasteiger partial charge in [0.2, 0.25) is 15.9 Å². The fourth-order valence-corrected chi connectivity index (χ4v) is 6.05. The van der Waals surface area contributed by atoms with Crippen molar-refractivity contribution in [3.63, 3.8) is 0 Å². The van der Waals surface area contributed by atoms with E-state index in [1.165, 1.54) is 4.31 Å². The maximum Gasteiger partial charge on any atom is 0.246 e. The monoisotopic (exact) mass is 437 g/mol. The molecule has 1 atom stereocenters. The van der Waals surface area contributed by atoms with Crippen LogP contribution in [0.15, 0.2) is 23.1 Å². The molecule has 0 radical (unpaired) electrons. The van der Waals surface area contributed by atoms with Gasteiger partial charge in [0.05, 0.1) is 12.6 Å². The Kier molecular flexibility index (Phi) is 8.13. The lowest BCUT2D eigenvalue weighted by atomic mass is 10.0. The molecule has 168 valence electrons. The number of anilines is 1. The molecule has 2 fully saturated rings. The van der Waals surface area contributed by atoms with Gasteiger partial charge in [0.15, 0.2) is 0 Å². The Morgan fingerprint density at radius 1 is 1.10 bits per heavy atom. The summed E-state index contributed by atoms with van der Waals surface area (Å²) in [5.41, 5.74) is 0.501. The summed E-state index contributed by atoms with van der Waals surface area (Å²) in [6.45, 7) is 7.21. The van der Waals surface area contributed by atoms with Crippen molar-refractivity contribution in [3.05, 3.63) is 18.2 Å². The number of sulfonamides is 1. The van der Waals surface area contributed by atoms with Crippen LogP contribution in [0.4, 0.5) is 5.69 Å².